The first-order valence-corrected chi connectivity index (χ1v) is 19.0. The summed E-state index contributed by atoms with van der Waals surface area (Å²) in [5.74, 6) is -0.908. The minimum atomic E-state index is -3.73. The first kappa shape index (κ1) is 36.9. The number of carbonyl (C=O) groups excluding carboxylic acids is 2. The Bertz CT molecular complexity index is 1600. The second kappa shape index (κ2) is 16.4. The molecule has 1 aliphatic carbocycles. The van der Waals surface area contributed by atoms with E-state index in [1.807, 2.05) is 93.6 Å². The lowest BCUT2D eigenvalue weighted by atomic mass is 9.73. The van der Waals surface area contributed by atoms with Crippen molar-refractivity contribution in [3.63, 3.8) is 0 Å². The molecule has 3 aromatic rings. The summed E-state index contributed by atoms with van der Waals surface area (Å²) < 4.78 is 32.8. The number of hydrogen-bond acceptors (Lipinski definition) is 7. The Morgan fingerprint density at radius 2 is 1.68 bits per heavy atom. The number of hydrogen-bond donors (Lipinski definition) is 4. The third kappa shape index (κ3) is 11.6. The summed E-state index contributed by atoms with van der Waals surface area (Å²) in [4.78, 5) is 28.1. The van der Waals surface area contributed by atoms with Gasteiger partial charge in [0.2, 0.25) is 21.8 Å². The van der Waals surface area contributed by atoms with E-state index in [0.29, 0.717) is 25.7 Å². The molecule has 4 N–H and O–H groups in total. The van der Waals surface area contributed by atoms with Gasteiger partial charge in [0, 0.05) is 29.2 Å². The van der Waals surface area contributed by atoms with E-state index in [1.165, 1.54) is 11.8 Å². The number of amides is 2. The molecule has 0 aromatic heterocycles. The molecule has 6 atom stereocenters. The van der Waals surface area contributed by atoms with Crippen LogP contribution in [0.3, 0.4) is 0 Å². The summed E-state index contributed by atoms with van der Waals surface area (Å²) >= 11 is 1.38. The number of rotatable bonds is 14. The Morgan fingerprint density at radius 1 is 1.00 bits per heavy atom. The highest BCUT2D eigenvalue weighted by Gasteiger charge is 2.39. The zero-order chi connectivity index (χ0) is 34.2. The van der Waals surface area contributed by atoms with Gasteiger partial charge in [-0.05, 0) is 87.3 Å². The van der Waals surface area contributed by atoms with Crippen molar-refractivity contribution in [1.82, 2.24) is 15.4 Å². The maximum absolute atomic E-state index is 13.8. The number of aliphatic hydroxyl groups is 1. The van der Waals surface area contributed by atoms with Crippen LogP contribution in [0.4, 0.5) is 0 Å². The van der Waals surface area contributed by atoms with Crippen molar-refractivity contribution < 1.29 is 27.9 Å². The van der Waals surface area contributed by atoms with Gasteiger partial charge < -0.3 is 20.5 Å². The van der Waals surface area contributed by atoms with Crippen molar-refractivity contribution in [3.05, 3.63) is 78.4 Å². The van der Waals surface area contributed by atoms with E-state index >= 15 is 0 Å². The average molecular weight is 684 g/mol. The molecule has 0 aliphatic heterocycles. The number of ether oxygens (including phenoxy) is 1. The van der Waals surface area contributed by atoms with E-state index in [1.54, 1.807) is 7.11 Å². The van der Waals surface area contributed by atoms with Crippen LogP contribution in [0.15, 0.2) is 77.7 Å². The summed E-state index contributed by atoms with van der Waals surface area (Å²) in [6.45, 7) is 5.82. The molecule has 1 saturated carbocycles. The molecular weight excluding hydrogens is 635 g/mol. The van der Waals surface area contributed by atoms with Gasteiger partial charge in [-0.25, -0.2) is 13.1 Å². The third-order valence-electron chi connectivity index (χ3n) is 8.56. The van der Waals surface area contributed by atoms with E-state index in [2.05, 4.69) is 15.4 Å². The molecule has 1 fully saturated rings. The second-order valence-electron chi connectivity index (χ2n) is 13.6. The number of aliphatic hydroxyl groups excluding tert-OH is 1. The molecule has 256 valence electrons. The summed E-state index contributed by atoms with van der Waals surface area (Å²) in [7, 11) is -2.07. The van der Waals surface area contributed by atoms with Crippen LogP contribution in [-0.2, 0) is 30.8 Å². The maximum atomic E-state index is 13.8. The zero-order valence-corrected chi connectivity index (χ0v) is 29.6. The summed E-state index contributed by atoms with van der Waals surface area (Å²) in [5, 5.41) is 20.0. The Kier molecular flexibility index (Phi) is 12.9. The van der Waals surface area contributed by atoms with E-state index in [0.717, 1.165) is 33.9 Å². The number of fused-ring (bicyclic) bond motifs is 1. The summed E-state index contributed by atoms with van der Waals surface area (Å²) in [6.07, 6.45) is 2.67. The fourth-order valence-corrected chi connectivity index (χ4v) is 8.02. The van der Waals surface area contributed by atoms with Crippen molar-refractivity contribution in [3.8, 4) is 0 Å². The van der Waals surface area contributed by atoms with Crippen LogP contribution in [0, 0.1) is 11.8 Å². The number of nitrogens with one attached hydrogen (secondary N) is 3. The molecule has 47 heavy (non-hydrogen) atoms. The SMILES string of the molecule is COC1CCC(CC(O)C(Cc2ccccc2)NC(=O)C(CSc2ccc3ccccc3c2)NS(C)(=O)=O)C(C(=O)NC(C)(C)C)C1. The zero-order valence-electron chi connectivity index (χ0n) is 27.9. The molecule has 11 heteroatoms. The predicted octanol–water partition coefficient (Wildman–Crippen LogP) is 4.67. The van der Waals surface area contributed by atoms with Gasteiger partial charge in [0.05, 0.1) is 24.5 Å². The lowest BCUT2D eigenvalue weighted by Gasteiger charge is -2.38. The predicted molar refractivity (Wildman–Crippen MR) is 189 cm³/mol. The first-order chi connectivity index (χ1) is 22.2. The van der Waals surface area contributed by atoms with Crippen molar-refractivity contribution in [1.29, 1.82) is 0 Å². The smallest absolute Gasteiger partial charge is 0.239 e. The van der Waals surface area contributed by atoms with Gasteiger partial charge in [0.25, 0.3) is 0 Å². The fraction of sp³-hybridized carbons (Fsp3) is 0.500. The van der Waals surface area contributed by atoms with Crippen LogP contribution in [0.5, 0.6) is 0 Å². The number of thioether (sulfide) groups is 1. The van der Waals surface area contributed by atoms with Crippen LogP contribution < -0.4 is 15.4 Å². The van der Waals surface area contributed by atoms with Gasteiger partial charge in [-0.3, -0.25) is 9.59 Å². The topological polar surface area (TPSA) is 134 Å². The molecule has 6 unspecified atom stereocenters. The molecule has 0 radical (unpaired) electrons. The van der Waals surface area contributed by atoms with Crippen LogP contribution in [0.1, 0.15) is 52.0 Å². The second-order valence-corrected chi connectivity index (χ2v) is 16.5. The van der Waals surface area contributed by atoms with Crippen LogP contribution in [-0.4, -0.2) is 74.3 Å². The number of sulfonamides is 1. The highest BCUT2D eigenvalue weighted by molar-refractivity contribution is 7.99. The average Bonchev–Trinajstić information content (AvgIpc) is 3.01. The largest absolute Gasteiger partial charge is 0.391 e. The quantitative estimate of drug-likeness (QED) is 0.182. The summed E-state index contributed by atoms with van der Waals surface area (Å²) in [6, 6.07) is 21.7. The van der Waals surface area contributed by atoms with E-state index in [4.69, 9.17) is 4.74 Å². The molecule has 9 nitrogen and oxygen atoms in total. The Balaban J connectivity index is 1.53. The summed E-state index contributed by atoms with van der Waals surface area (Å²) in [5.41, 5.74) is 0.511. The first-order valence-electron chi connectivity index (χ1n) is 16.2. The Hall–Kier alpha value is -2.96. The molecule has 1 aliphatic rings. The molecule has 3 aromatic carbocycles. The monoisotopic (exact) mass is 683 g/mol. The standard InChI is InChI=1S/C36H49N3O6S2/c1-36(2,3)38-34(41)30-22-28(45-4)17-15-27(30)21-33(40)31(19-24-11-7-6-8-12-24)37-35(42)32(39-47(5,43)44)23-46-29-18-16-25-13-9-10-14-26(25)20-29/h6-14,16,18,20,27-28,30-33,39-40H,15,17,19,21-23H2,1-5H3,(H,37,42)(H,38,41). The highest BCUT2D eigenvalue weighted by Crippen LogP contribution is 2.36. The Morgan fingerprint density at radius 3 is 2.34 bits per heavy atom. The fourth-order valence-electron chi connectivity index (χ4n) is 6.24. The van der Waals surface area contributed by atoms with E-state index in [-0.39, 0.29) is 29.6 Å². The minimum Gasteiger partial charge on any atom is -0.391 e. The lowest BCUT2D eigenvalue weighted by molar-refractivity contribution is -0.132. The van der Waals surface area contributed by atoms with Crippen LogP contribution >= 0.6 is 11.8 Å². The number of benzene rings is 3. The van der Waals surface area contributed by atoms with Crippen molar-refractivity contribution in [2.24, 2.45) is 11.8 Å². The molecule has 0 saturated heterocycles. The Labute approximate surface area is 283 Å². The third-order valence-corrected chi connectivity index (χ3v) is 10.4. The van der Waals surface area contributed by atoms with Gasteiger partial charge in [0.1, 0.15) is 6.04 Å². The number of carbonyl (C=O) groups is 2. The van der Waals surface area contributed by atoms with Gasteiger partial charge >= 0.3 is 0 Å². The van der Waals surface area contributed by atoms with Gasteiger partial charge in [-0.15, -0.1) is 11.8 Å². The van der Waals surface area contributed by atoms with E-state index < -0.39 is 39.7 Å². The molecule has 0 spiro atoms. The van der Waals surface area contributed by atoms with Crippen molar-refractivity contribution >= 4 is 44.4 Å². The highest BCUT2D eigenvalue weighted by atomic mass is 32.2. The molecule has 0 heterocycles. The van der Waals surface area contributed by atoms with Crippen LogP contribution in [0.2, 0.25) is 0 Å². The van der Waals surface area contributed by atoms with Crippen molar-refractivity contribution in [2.75, 3.05) is 19.1 Å². The number of methoxy groups -OCH3 is 1. The minimum absolute atomic E-state index is 0.0399. The van der Waals surface area contributed by atoms with Gasteiger partial charge in [0.15, 0.2) is 0 Å². The van der Waals surface area contributed by atoms with Gasteiger partial charge in [-0.2, -0.15) is 0 Å². The maximum Gasteiger partial charge on any atom is 0.239 e. The lowest BCUT2D eigenvalue weighted by Crippen LogP contribution is -2.54. The molecule has 0 bridgehead atoms. The molecule has 2 amide bonds. The normalized spacial score (nSPS) is 20.7. The molecule has 4 rings (SSSR count). The van der Waals surface area contributed by atoms with E-state index in [9.17, 15) is 23.1 Å². The van der Waals surface area contributed by atoms with Gasteiger partial charge in [-0.1, -0.05) is 60.7 Å². The molecular formula is C36H49N3O6S2. The van der Waals surface area contributed by atoms with Crippen molar-refractivity contribution in [2.45, 2.75) is 87.6 Å². The van der Waals surface area contributed by atoms with Crippen LogP contribution in [0.25, 0.3) is 10.8 Å².